The molecule has 1 rings (SSSR count). The van der Waals surface area contributed by atoms with E-state index in [4.69, 9.17) is 9.47 Å². The predicted molar refractivity (Wildman–Crippen MR) is 71.9 cm³/mol. The predicted octanol–water partition coefficient (Wildman–Crippen LogP) is 3.79. The normalized spacial score (nSPS) is 31.9. The first-order chi connectivity index (χ1) is 7.54. The maximum atomic E-state index is 11.3. The van der Waals surface area contributed by atoms with Crippen LogP contribution in [0.25, 0.3) is 0 Å². The smallest absolute Gasteiger partial charge is 0.435 e. The first-order valence-corrected chi connectivity index (χ1v) is 7.26. The van der Waals surface area contributed by atoms with E-state index >= 15 is 0 Å². The summed E-state index contributed by atoms with van der Waals surface area (Å²) in [7, 11) is 0. The van der Waals surface area contributed by atoms with Gasteiger partial charge in [-0.3, -0.25) is 0 Å². The summed E-state index contributed by atoms with van der Waals surface area (Å²) in [6.07, 6.45) is 2.88. The fourth-order valence-electron chi connectivity index (χ4n) is 2.29. The molecule has 0 aromatic carbocycles. The number of hydrogen-bond acceptors (Lipinski definition) is 3. The molecule has 94 valence electrons. The van der Waals surface area contributed by atoms with Gasteiger partial charge in [-0.25, -0.2) is 4.79 Å². The fourth-order valence-corrected chi connectivity index (χ4v) is 3.11. The zero-order valence-electron chi connectivity index (χ0n) is 10.2. The Morgan fingerprint density at radius 2 is 2.19 bits per heavy atom. The summed E-state index contributed by atoms with van der Waals surface area (Å²) in [5.41, 5.74) is 0. The fraction of sp³-hybridized carbons (Fsp3) is 0.917. The molecule has 0 bridgehead atoms. The quantitative estimate of drug-likeness (QED) is 0.446. The van der Waals surface area contributed by atoms with Crippen molar-refractivity contribution < 1.29 is 14.3 Å². The van der Waals surface area contributed by atoms with Crippen LogP contribution in [0.2, 0.25) is 0 Å². The molecule has 0 amide bonds. The summed E-state index contributed by atoms with van der Waals surface area (Å²) < 4.78 is 10.8. The summed E-state index contributed by atoms with van der Waals surface area (Å²) >= 11 is 2.42. The molecule has 0 spiro atoms. The molecule has 1 aliphatic carbocycles. The number of alkyl halides is 1. The Bertz CT molecular complexity index is 230. The van der Waals surface area contributed by atoms with E-state index in [0.29, 0.717) is 22.4 Å². The second kappa shape index (κ2) is 6.67. The lowest BCUT2D eigenvalue weighted by atomic mass is 9.79. The van der Waals surface area contributed by atoms with Gasteiger partial charge in [0.2, 0.25) is 0 Å². The highest BCUT2D eigenvalue weighted by atomic mass is 127. The average Bonchev–Trinajstić information content (AvgIpc) is 2.17. The number of carbonyl (C=O) groups is 1. The van der Waals surface area contributed by atoms with Gasteiger partial charge >= 0.3 is 6.16 Å². The van der Waals surface area contributed by atoms with Crippen molar-refractivity contribution in [3.05, 3.63) is 0 Å². The van der Waals surface area contributed by atoms with Crippen molar-refractivity contribution in [3.8, 4) is 0 Å². The second-order valence-corrected chi connectivity index (χ2v) is 6.56. The molecule has 1 aliphatic rings. The van der Waals surface area contributed by atoms with Crippen LogP contribution in [-0.2, 0) is 9.47 Å². The molecular formula is C12H21IO3. The SMILES string of the molecule is CCOC(=O)OC1CC(C)CCC1C(C)I. The van der Waals surface area contributed by atoms with Crippen LogP contribution in [0.3, 0.4) is 0 Å². The zero-order chi connectivity index (χ0) is 12.1. The first kappa shape index (κ1) is 14.1. The van der Waals surface area contributed by atoms with Gasteiger partial charge in [-0.2, -0.15) is 0 Å². The molecule has 0 aromatic rings. The van der Waals surface area contributed by atoms with E-state index in [0.717, 1.165) is 12.8 Å². The summed E-state index contributed by atoms with van der Waals surface area (Å²) in [5, 5.41) is 0. The molecule has 1 fully saturated rings. The lowest BCUT2D eigenvalue weighted by Crippen LogP contribution is -2.37. The van der Waals surface area contributed by atoms with Crippen molar-refractivity contribution in [3.63, 3.8) is 0 Å². The highest BCUT2D eigenvalue weighted by molar-refractivity contribution is 14.1. The summed E-state index contributed by atoms with van der Waals surface area (Å²) in [6.45, 7) is 6.58. The molecule has 4 atom stereocenters. The lowest BCUT2D eigenvalue weighted by Gasteiger charge is -2.35. The van der Waals surface area contributed by atoms with Crippen molar-refractivity contribution in [2.45, 2.75) is 50.1 Å². The second-order valence-electron chi connectivity index (χ2n) is 4.60. The molecule has 3 nitrogen and oxygen atoms in total. The van der Waals surface area contributed by atoms with E-state index in [1.165, 1.54) is 6.42 Å². The lowest BCUT2D eigenvalue weighted by molar-refractivity contribution is -0.0179. The standard InChI is InChI=1S/C12H21IO3/c1-4-15-12(14)16-11-7-8(2)5-6-10(11)9(3)13/h8-11H,4-7H2,1-3H3. The molecule has 0 aliphatic heterocycles. The molecule has 0 N–H and O–H groups in total. The maximum Gasteiger partial charge on any atom is 0.508 e. The summed E-state index contributed by atoms with van der Waals surface area (Å²) in [6, 6.07) is 0. The minimum atomic E-state index is -0.511. The van der Waals surface area contributed by atoms with Gasteiger partial charge < -0.3 is 9.47 Å². The van der Waals surface area contributed by atoms with Gasteiger partial charge in [-0.05, 0) is 25.7 Å². The van der Waals surface area contributed by atoms with Gasteiger partial charge in [-0.1, -0.05) is 42.9 Å². The third-order valence-electron chi connectivity index (χ3n) is 3.20. The van der Waals surface area contributed by atoms with Gasteiger partial charge in [-0.15, -0.1) is 0 Å². The van der Waals surface area contributed by atoms with Crippen molar-refractivity contribution in [1.82, 2.24) is 0 Å². The number of carbonyl (C=O) groups excluding carboxylic acids is 1. The van der Waals surface area contributed by atoms with Crippen LogP contribution in [0.15, 0.2) is 0 Å². The van der Waals surface area contributed by atoms with Crippen LogP contribution in [0.5, 0.6) is 0 Å². The Balaban J connectivity index is 2.54. The van der Waals surface area contributed by atoms with E-state index in [1.807, 2.05) is 0 Å². The maximum absolute atomic E-state index is 11.3. The third-order valence-corrected chi connectivity index (χ3v) is 4.13. The molecular weight excluding hydrogens is 319 g/mol. The molecule has 4 heteroatoms. The molecule has 4 unspecified atom stereocenters. The number of rotatable bonds is 3. The van der Waals surface area contributed by atoms with Gasteiger partial charge in [0.1, 0.15) is 6.10 Å². The Morgan fingerprint density at radius 1 is 1.50 bits per heavy atom. The molecule has 0 aromatic heterocycles. The Hall–Kier alpha value is 0. The summed E-state index contributed by atoms with van der Waals surface area (Å²) in [4.78, 5) is 11.3. The first-order valence-electron chi connectivity index (χ1n) is 6.02. The molecule has 0 radical (unpaired) electrons. The molecule has 0 saturated heterocycles. The van der Waals surface area contributed by atoms with Crippen LogP contribution in [0.1, 0.15) is 40.0 Å². The Kier molecular flexibility index (Phi) is 5.86. The average molecular weight is 340 g/mol. The van der Waals surface area contributed by atoms with Crippen molar-refractivity contribution >= 4 is 28.7 Å². The van der Waals surface area contributed by atoms with Gasteiger partial charge in [0.25, 0.3) is 0 Å². The van der Waals surface area contributed by atoms with E-state index in [-0.39, 0.29) is 6.10 Å². The van der Waals surface area contributed by atoms with Gasteiger partial charge in [0, 0.05) is 9.84 Å². The van der Waals surface area contributed by atoms with E-state index in [1.54, 1.807) is 6.92 Å². The van der Waals surface area contributed by atoms with E-state index in [2.05, 4.69) is 36.4 Å². The van der Waals surface area contributed by atoms with Crippen molar-refractivity contribution in [1.29, 1.82) is 0 Å². The largest absolute Gasteiger partial charge is 0.508 e. The van der Waals surface area contributed by atoms with Crippen LogP contribution in [0.4, 0.5) is 4.79 Å². The third kappa shape index (κ3) is 4.11. The van der Waals surface area contributed by atoms with Crippen LogP contribution in [-0.4, -0.2) is 22.8 Å². The Morgan fingerprint density at radius 3 is 2.75 bits per heavy atom. The van der Waals surface area contributed by atoms with Crippen LogP contribution >= 0.6 is 22.6 Å². The van der Waals surface area contributed by atoms with E-state index in [9.17, 15) is 4.79 Å². The Labute approximate surface area is 111 Å². The minimum absolute atomic E-state index is 0.0368. The summed E-state index contributed by atoms with van der Waals surface area (Å²) in [5.74, 6) is 1.12. The number of ether oxygens (including phenoxy) is 2. The monoisotopic (exact) mass is 340 g/mol. The minimum Gasteiger partial charge on any atom is -0.435 e. The van der Waals surface area contributed by atoms with Crippen molar-refractivity contribution in [2.24, 2.45) is 11.8 Å². The molecule has 0 heterocycles. The highest BCUT2D eigenvalue weighted by Gasteiger charge is 2.34. The van der Waals surface area contributed by atoms with Crippen LogP contribution < -0.4 is 0 Å². The topological polar surface area (TPSA) is 35.5 Å². The number of hydrogen-bond donors (Lipinski definition) is 0. The van der Waals surface area contributed by atoms with Gasteiger partial charge in [0.05, 0.1) is 6.61 Å². The zero-order valence-corrected chi connectivity index (χ0v) is 12.4. The van der Waals surface area contributed by atoms with Crippen molar-refractivity contribution in [2.75, 3.05) is 6.61 Å². The number of halogens is 1. The highest BCUT2D eigenvalue weighted by Crippen LogP contribution is 2.35. The molecule has 1 saturated carbocycles. The molecule has 16 heavy (non-hydrogen) atoms. The van der Waals surface area contributed by atoms with E-state index < -0.39 is 6.16 Å². The van der Waals surface area contributed by atoms with Crippen LogP contribution in [0, 0.1) is 11.8 Å². The van der Waals surface area contributed by atoms with Gasteiger partial charge in [0.15, 0.2) is 0 Å².